The van der Waals surface area contributed by atoms with E-state index in [1.165, 1.54) is 21.6 Å². The Morgan fingerprint density at radius 1 is 1.31 bits per heavy atom. The van der Waals surface area contributed by atoms with Crippen molar-refractivity contribution in [3.8, 4) is 16.8 Å². The molecule has 26 heavy (non-hydrogen) atoms. The van der Waals surface area contributed by atoms with E-state index in [1.807, 2.05) is 13.0 Å². The number of fused-ring (bicyclic) bond motifs is 1. The van der Waals surface area contributed by atoms with E-state index in [9.17, 15) is 14.7 Å². The van der Waals surface area contributed by atoms with Gasteiger partial charge in [-0.2, -0.15) is 4.68 Å². The van der Waals surface area contributed by atoms with Crippen LogP contribution in [0.3, 0.4) is 0 Å². The fourth-order valence-electron chi connectivity index (χ4n) is 3.45. The highest BCUT2D eigenvalue weighted by Gasteiger charge is 2.34. The number of aliphatic carboxylic acids is 1. The average molecular weight is 372 g/mol. The number of carbonyl (C=O) groups is 1. The zero-order chi connectivity index (χ0) is 18.4. The largest absolute Gasteiger partial charge is 0.480 e. The third kappa shape index (κ3) is 2.59. The van der Waals surface area contributed by atoms with E-state index in [2.05, 4.69) is 15.5 Å². The van der Waals surface area contributed by atoms with Crippen molar-refractivity contribution in [1.29, 1.82) is 0 Å². The van der Waals surface area contributed by atoms with Crippen LogP contribution in [0.1, 0.15) is 31.0 Å². The summed E-state index contributed by atoms with van der Waals surface area (Å²) in [6, 6.07) is 7.65. The lowest BCUT2D eigenvalue weighted by Crippen LogP contribution is -2.27. The number of halogens is 1. The molecule has 2 atom stereocenters. The fourth-order valence-corrected chi connectivity index (χ4v) is 3.62. The van der Waals surface area contributed by atoms with Crippen molar-refractivity contribution in [3.63, 3.8) is 0 Å². The molecule has 0 radical (unpaired) electrons. The number of tetrazole rings is 1. The van der Waals surface area contributed by atoms with Gasteiger partial charge in [-0.05, 0) is 52.6 Å². The topological polar surface area (TPSA) is 103 Å². The molecule has 1 aromatic carbocycles. The van der Waals surface area contributed by atoms with Gasteiger partial charge in [0.2, 0.25) is 0 Å². The first kappa shape index (κ1) is 16.5. The molecule has 0 fully saturated rings. The third-order valence-corrected chi connectivity index (χ3v) is 4.88. The minimum Gasteiger partial charge on any atom is -0.480 e. The normalized spacial score (nSPS) is 18.7. The van der Waals surface area contributed by atoms with Gasteiger partial charge in [0.25, 0.3) is 5.56 Å². The van der Waals surface area contributed by atoms with Crippen LogP contribution < -0.4 is 5.56 Å². The average Bonchev–Trinajstić information content (AvgIpc) is 3.23. The van der Waals surface area contributed by atoms with Gasteiger partial charge < -0.3 is 5.11 Å². The molecule has 0 saturated heterocycles. The first-order valence-electron chi connectivity index (χ1n) is 7.98. The number of carboxylic acid groups (broad SMARTS) is 1. The van der Waals surface area contributed by atoms with Crippen molar-refractivity contribution < 1.29 is 9.90 Å². The molecular weight excluding hydrogens is 358 g/mol. The second kappa shape index (κ2) is 6.06. The Kier molecular flexibility index (Phi) is 3.84. The molecule has 1 aliphatic heterocycles. The minimum atomic E-state index is -0.998. The maximum Gasteiger partial charge on any atom is 0.326 e. The number of benzene rings is 1. The smallest absolute Gasteiger partial charge is 0.326 e. The number of hydrogen-bond donors (Lipinski definition) is 1. The van der Waals surface area contributed by atoms with E-state index >= 15 is 0 Å². The monoisotopic (exact) mass is 371 g/mol. The molecule has 132 valence electrons. The van der Waals surface area contributed by atoms with Gasteiger partial charge in [0.15, 0.2) is 0 Å². The van der Waals surface area contributed by atoms with E-state index in [0.717, 1.165) is 0 Å². The fraction of sp³-hybridized carbons (Fsp3) is 0.235. The van der Waals surface area contributed by atoms with Crippen LogP contribution in [0.4, 0.5) is 0 Å². The van der Waals surface area contributed by atoms with E-state index in [1.54, 1.807) is 18.2 Å². The standard InChI is InChI=1S/C17H14ClN5O3/c1-9-4-15(17(25)26)23-14(9)5-10(6-16(23)24)12-7-11(18)2-3-13(12)22-8-19-20-21-22/h2-3,5-9,15H,4H2,1H3,(H,25,26)/t9-,15-/m0/s1. The molecule has 0 saturated carbocycles. The van der Waals surface area contributed by atoms with Gasteiger partial charge in [-0.15, -0.1) is 5.10 Å². The van der Waals surface area contributed by atoms with Crippen molar-refractivity contribution in [3.05, 3.63) is 57.7 Å². The molecule has 0 bridgehead atoms. The Morgan fingerprint density at radius 2 is 2.12 bits per heavy atom. The number of rotatable bonds is 3. The summed E-state index contributed by atoms with van der Waals surface area (Å²) in [5.74, 6) is -1.04. The molecule has 0 amide bonds. The second-order valence-corrected chi connectivity index (χ2v) is 6.72. The lowest BCUT2D eigenvalue weighted by Gasteiger charge is -2.14. The van der Waals surface area contributed by atoms with Crippen molar-refractivity contribution in [2.45, 2.75) is 25.3 Å². The SMILES string of the molecule is C[C@H]1C[C@@H](C(=O)O)n2c1cc(-c1cc(Cl)ccc1-n1cnnn1)cc2=O. The quantitative estimate of drug-likeness (QED) is 0.757. The molecule has 3 aromatic rings. The molecule has 2 aromatic heterocycles. The Bertz CT molecular complexity index is 1060. The Balaban J connectivity index is 1.93. The van der Waals surface area contributed by atoms with E-state index in [0.29, 0.717) is 34.0 Å². The summed E-state index contributed by atoms with van der Waals surface area (Å²) in [4.78, 5) is 24.1. The second-order valence-electron chi connectivity index (χ2n) is 6.28. The van der Waals surface area contributed by atoms with Gasteiger partial charge in [0, 0.05) is 22.3 Å². The lowest BCUT2D eigenvalue weighted by atomic mass is 10.00. The van der Waals surface area contributed by atoms with Gasteiger partial charge in [-0.3, -0.25) is 9.36 Å². The van der Waals surface area contributed by atoms with E-state index < -0.39 is 12.0 Å². The highest BCUT2D eigenvalue weighted by molar-refractivity contribution is 6.31. The molecule has 3 heterocycles. The Hall–Kier alpha value is -3.00. The number of nitrogens with zero attached hydrogens (tertiary/aromatic N) is 5. The van der Waals surface area contributed by atoms with Crippen LogP contribution in [0.25, 0.3) is 16.8 Å². The van der Waals surface area contributed by atoms with Crippen LogP contribution >= 0.6 is 11.6 Å². The van der Waals surface area contributed by atoms with Crippen molar-refractivity contribution in [1.82, 2.24) is 24.8 Å². The first-order valence-corrected chi connectivity index (χ1v) is 8.36. The van der Waals surface area contributed by atoms with Crippen LogP contribution in [0, 0.1) is 0 Å². The highest BCUT2D eigenvalue weighted by atomic mass is 35.5. The minimum absolute atomic E-state index is 0.0422. The predicted molar refractivity (Wildman–Crippen MR) is 93.6 cm³/mol. The van der Waals surface area contributed by atoms with Gasteiger partial charge in [-0.1, -0.05) is 18.5 Å². The maximum absolute atomic E-state index is 12.7. The predicted octanol–water partition coefficient (Wildman–Crippen LogP) is 2.28. The van der Waals surface area contributed by atoms with Crippen LogP contribution in [-0.4, -0.2) is 35.9 Å². The molecule has 0 unspecified atom stereocenters. The number of hydrogen-bond acceptors (Lipinski definition) is 5. The Morgan fingerprint density at radius 3 is 2.81 bits per heavy atom. The van der Waals surface area contributed by atoms with Gasteiger partial charge >= 0.3 is 5.97 Å². The Labute approximate surface area is 152 Å². The summed E-state index contributed by atoms with van der Waals surface area (Å²) in [5.41, 5.74) is 2.35. The number of aromatic nitrogens is 5. The molecule has 1 N–H and O–H groups in total. The maximum atomic E-state index is 12.7. The molecule has 4 rings (SSSR count). The number of carboxylic acids is 1. The van der Waals surface area contributed by atoms with E-state index in [-0.39, 0.29) is 11.5 Å². The van der Waals surface area contributed by atoms with Gasteiger partial charge in [0.1, 0.15) is 12.4 Å². The third-order valence-electron chi connectivity index (χ3n) is 4.64. The first-order chi connectivity index (χ1) is 12.5. The van der Waals surface area contributed by atoms with Crippen LogP contribution in [-0.2, 0) is 4.79 Å². The van der Waals surface area contributed by atoms with Crippen LogP contribution in [0.2, 0.25) is 5.02 Å². The molecule has 0 spiro atoms. The molecule has 1 aliphatic rings. The van der Waals surface area contributed by atoms with Crippen LogP contribution in [0.15, 0.2) is 41.5 Å². The summed E-state index contributed by atoms with van der Waals surface area (Å²) in [6.07, 6.45) is 1.85. The summed E-state index contributed by atoms with van der Waals surface area (Å²) in [6.45, 7) is 1.91. The zero-order valence-electron chi connectivity index (χ0n) is 13.7. The summed E-state index contributed by atoms with van der Waals surface area (Å²) >= 11 is 6.16. The molecule has 9 heteroatoms. The molecular formula is C17H14ClN5O3. The lowest BCUT2D eigenvalue weighted by molar-refractivity contribution is -0.140. The summed E-state index contributed by atoms with van der Waals surface area (Å²) in [7, 11) is 0. The van der Waals surface area contributed by atoms with Crippen molar-refractivity contribution >= 4 is 17.6 Å². The highest BCUT2D eigenvalue weighted by Crippen LogP contribution is 2.37. The molecule has 0 aliphatic carbocycles. The van der Waals surface area contributed by atoms with Gasteiger partial charge in [0.05, 0.1) is 5.69 Å². The van der Waals surface area contributed by atoms with E-state index in [4.69, 9.17) is 11.6 Å². The summed E-state index contributed by atoms with van der Waals surface area (Å²) < 4.78 is 2.84. The van der Waals surface area contributed by atoms with Crippen molar-refractivity contribution in [2.75, 3.05) is 0 Å². The van der Waals surface area contributed by atoms with Gasteiger partial charge in [-0.25, -0.2) is 4.79 Å². The van der Waals surface area contributed by atoms with Crippen molar-refractivity contribution in [2.24, 2.45) is 0 Å². The number of pyridine rings is 1. The summed E-state index contributed by atoms with van der Waals surface area (Å²) in [5, 5.41) is 21.1. The molecule has 8 nitrogen and oxygen atoms in total. The van der Waals surface area contributed by atoms with Crippen LogP contribution in [0.5, 0.6) is 0 Å². The zero-order valence-corrected chi connectivity index (χ0v) is 14.5.